The third-order valence-corrected chi connectivity index (χ3v) is 5.14. The Bertz CT molecular complexity index is 908. The topological polar surface area (TPSA) is 58.6 Å². The molecule has 1 N–H and O–H groups in total. The van der Waals surface area contributed by atoms with Crippen molar-refractivity contribution in [2.24, 2.45) is 0 Å². The molecule has 1 heterocycles. The molecule has 2 aromatic carbocycles. The van der Waals surface area contributed by atoms with E-state index in [1.54, 1.807) is 42.3 Å². The van der Waals surface area contributed by atoms with Crippen LogP contribution in [0.25, 0.3) is 0 Å². The van der Waals surface area contributed by atoms with Gasteiger partial charge in [0.1, 0.15) is 11.9 Å². The van der Waals surface area contributed by atoms with Crippen LogP contribution in [0.1, 0.15) is 28.8 Å². The maximum absolute atomic E-state index is 13.9. The molecule has 1 saturated heterocycles. The highest BCUT2D eigenvalue weighted by atomic mass is 19.2. The standard InChI is InChI=1S/C22H23F3N2O3/c1-26-13-16-11-17(30-22(29)14-5-3-2-4-6-14)7-8-27(16)21(28)10-15-9-19(24)20(25)12-18(15)23/h2-6,9,12,16-17,26H,7-8,10-11,13H2,1H3. The van der Waals surface area contributed by atoms with Gasteiger partial charge in [0.25, 0.3) is 0 Å². The number of hydrogen-bond donors (Lipinski definition) is 1. The molecule has 1 aliphatic heterocycles. The van der Waals surface area contributed by atoms with Gasteiger partial charge in [-0.1, -0.05) is 18.2 Å². The minimum Gasteiger partial charge on any atom is -0.459 e. The second-order valence-corrected chi connectivity index (χ2v) is 7.25. The number of carbonyl (C=O) groups is 2. The maximum atomic E-state index is 13.9. The van der Waals surface area contributed by atoms with Gasteiger partial charge in [-0.25, -0.2) is 18.0 Å². The predicted molar refractivity (Wildman–Crippen MR) is 104 cm³/mol. The zero-order valence-electron chi connectivity index (χ0n) is 16.5. The second-order valence-electron chi connectivity index (χ2n) is 7.25. The number of nitrogens with one attached hydrogen (secondary N) is 1. The van der Waals surface area contributed by atoms with Gasteiger partial charge in [0.15, 0.2) is 11.6 Å². The van der Waals surface area contributed by atoms with Crippen molar-refractivity contribution in [3.05, 3.63) is 71.0 Å². The maximum Gasteiger partial charge on any atom is 0.338 e. The highest BCUT2D eigenvalue weighted by Gasteiger charge is 2.33. The molecule has 3 rings (SSSR count). The van der Waals surface area contributed by atoms with Crippen molar-refractivity contribution in [2.75, 3.05) is 20.1 Å². The molecule has 0 aromatic heterocycles. The Morgan fingerprint density at radius 1 is 1.10 bits per heavy atom. The zero-order chi connectivity index (χ0) is 21.7. The normalized spacial score (nSPS) is 18.9. The molecule has 5 nitrogen and oxygen atoms in total. The molecule has 0 radical (unpaired) electrons. The molecule has 1 amide bonds. The number of benzene rings is 2. The summed E-state index contributed by atoms with van der Waals surface area (Å²) in [6.45, 7) is 0.759. The third-order valence-electron chi connectivity index (χ3n) is 5.14. The summed E-state index contributed by atoms with van der Waals surface area (Å²) < 4.78 is 46.1. The van der Waals surface area contributed by atoms with Crippen molar-refractivity contribution >= 4 is 11.9 Å². The quantitative estimate of drug-likeness (QED) is 0.577. The number of likely N-dealkylation sites (N-methyl/N-ethyl adjacent to an activating group) is 1. The SMILES string of the molecule is CNCC1CC(OC(=O)c2ccccc2)CCN1C(=O)Cc1cc(F)c(F)cc1F. The zero-order valence-corrected chi connectivity index (χ0v) is 16.5. The van der Waals surface area contributed by atoms with Gasteiger partial charge in [0.05, 0.1) is 12.0 Å². The van der Waals surface area contributed by atoms with Gasteiger partial charge < -0.3 is 15.0 Å². The number of halogens is 3. The summed E-state index contributed by atoms with van der Waals surface area (Å²) in [7, 11) is 1.73. The van der Waals surface area contributed by atoms with Gasteiger partial charge in [0, 0.05) is 43.6 Å². The highest BCUT2D eigenvalue weighted by Crippen LogP contribution is 2.23. The van der Waals surface area contributed by atoms with E-state index in [0.717, 1.165) is 0 Å². The van der Waals surface area contributed by atoms with Crippen molar-refractivity contribution in [1.29, 1.82) is 0 Å². The summed E-state index contributed by atoms with van der Waals surface area (Å²) in [6.07, 6.45) is 0.119. The minimum absolute atomic E-state index is 0.195. The fourth-order valence-corrected chi connectivity index (χ4v) is 3.64. The second kappa shape index (κ2) is 9.75. The number of amides is 1. The van der Waals surface area contributed by atoms with Gasteiger partial charge in [-0.15, -0.1) is 0 Å². The first-order valence-corrected chi connectivity index (χ1v) is 9.72. The molecule has 30 heavy (non-hydrogen) atoms. The number of likely N-dealkylation sites (tertiary alicyclic amines) is 1. The van der Waals surface area contributed by atoms with Crippen LogP contribution in [-0.2, 0) is 16.0 Å². The molecule has 8 heteroatoms. The Hall–Kier alpha value is -2.87. The molecule has 160 valence electrons. The fraction of sp³-hybridized carbons (Fsp3) is 0.364. The Labute approximate surface area is 172 Å². The molecule has 2 unspecified atom stereocenters. The lowest BCUT2D eigenvalue weighted by Gasteiger charge is -2.39. The van der Waals surface area contributed by atoms with E-state index in [4.69, 9.17) is 4.74 Å². The van der Waals surface area contributed by atoms with Crippen LogP contribution in [0.5, 0.6) is 0 Å². The van der Waals surface area contributed by atoms with E-state index < -0.39 is 29.3 Å². The monoisotopic (exact) mass is 420 g/mol. The summed E-state index contributed by atoms with van der Waals surface area (Å²) in [5.41, 5.74) is 0.259. The van der Waals surface area contributed by atoms with E-state index in [1.165, 1.54) is 0 Å². The van der Waals surface area contributed by atoms with Crippen LogP contribution in [-0.4, -0.2) is 49.1 Å². The molecule has 0 bridgehead atoms. The smallest absolute Gasteiger partial charge is 0.338 e. The predicted octanol–water partition coefficient (Wildman–Crippen LogP) is 3.08. The highest BCUT2D eigenvalue weighted by molar-refractivity contribution is 5.89. The third kappa shape index (κ3) is 5.18. The average Bonchev–Trinajstić information content (AvgIpc) is 2.73. The lowest BCUT2D eigenvalue weighted by atomic mass is 9.97. The number of rotatable bonds is 6. The van der Waals surface area contributed by atoms with E-state index in [9.17, 15) is 22.8 Å². The van der Waals surface area contributed by atoms with E-state index in [-0.39, 0.29) is 24.1 Å². The summed E-state index contributed by atoms with van der Waals surface area (Å²) in [5, 5.41) is 3.00. The van der Waals surface area contributed by atoms with Crippen LogP contribution < -0.4 is 5.32 Å². The van der Waals surface area contributed by atoms with Crippen LogP contribution in [0.3, 0.4) is 0 Å². The van der Waals surface area contributed by atoms with Gasteiger partial charge in [-0.2, -0.15) is 0 Å². The molecule has 2 aromatic rings. The number of piperidine rings is 1. The van der Waals surface area contributed by atoms with E-state index in [0.29, 0.717) is 43.6 Å². The molecule has 1 aliphatic rings. The van der Waals surface area contributed by atoms with Gasteiger partial charge >= 0.3 is 5.97 Å². The fourth-order valence-electron chi connectivity index (χ4n) is 3.64. The Morgan fingerprint density at radius 3 is 2.50 bits per heavy atom. The van der Waals surface area contributed by atoms with Gasteiger partial charge in [-0.3, -0.25) is 4.79 Å². The van der Waals surface area contributed by atoms with Crippen molar-refractivity contribution in [3.63, 3.8) is 0 Å². The van der Waals surface area contributed by atoms with E-state index in [2.05, 4.69) is 5.32 Å². The molecular formula is C22H23F3N2O3. The Balaban J connectivity index is 1.65. The van der Waals surface area contributed by atoms with Crippen molar-refractivity contribution < 1.29 is 27.5 Å². The molecule has 0 spiro atoms. The van der Waals surface area contributed by atoms with Crippen LogP contribution in [0.4, 0.5) is 13.2 Å². The molecule has 0 saturated carbocycles. The summed E-state index contributed by atoms with van der Waals surface area (Å²) in [5.74, 6) is -4.27. The van der Waals surface area contributed by atoms with E-state index >= 15 is 0 Å². The largest absolute Gasteiger partial charge is 0.459 e. The average molecular weight is 420 g/mol. The summed E-state index contributed by atoms with van der Waals surface area (Å²) >= 11 is 0. The molecule has 2 atom stereocenters. The van der Waals surface area contributed by atoms with Crippen LogP contribution in [0.15, 0.2) is 42.5 Å². The first-order valence-electron chi connectivity index (χ1n) is 9.72. The number of esters is 1. The van der Waals surface area contributed by atoms with Crippen molar-refractivity contribution in [2.45, 2.75) is 31.4 Å². The lowest BCUT2D eigenvalue weighted by Crippen LogP contribution is -2.52. The molecular weight excluding hydrogens is 397 g/mol. The number of nitrogens with zero attached hydrogens (tertiary/aromatic N) is 1. The number of hydrogen-bond acceptors (Lipinski definition) is 4. The van der Waals surface area contributed by atoms with Gasteiger partial charge in [0.2, 0.25) is 5.91 Å². The Kier molecular flexibility index (Phi) is 7.10. The van der Waals surface area contributed by atoms with Crippen LogP contribution in [0.2, 0.25) is 0 Å². The van der Waals surface area contributed by atoms with E-state index in [1.807, 2.05) is 0 Å². The number of ether oxygens (including phenoxy) is 1. The lowest BCUT2D eigenvalue weighted by molar-refractivity contribution is -0.135. The van der Waals surface area contributed by atoms with Gasteiger partial charge in [-0.05, 0) is 25.2 Å². The number of carbonyl (C=O) groups excluding carboxylic acids is 2. The van der Waals surface area contributed by atoms with Crippen LogP contribution >= 0.6 is 0 Å². The first-order chi connectivity index (χ1) is 14.4. The summed E-state index contributed by atoms with van der Waals surface area (Å²) in [4.78, 5) is 26.6. The molecule has 1 fully saturated rings. The van der Waals surface area contributed by atoms with Crippen LogP contribution in [0, 0.1) is 17.5 Å². The van der Waals surface area contributed by atoms with Crippen molar-refractivity contribution in [3.8, 4) is 0 Å². The minimum atomic E-state index is -1.29. The summed E-state index contributed by atoms with van der Waals surface area (Å²) in [6, 6.07) is 9.52. The first kappa shape index (κ1) is 21.8. The molecule has 0 aliphatic carbocycles. The Morgan fingerprint density at radius 2 is 1.80 bits per heavy atom. The van der Waals surface area contributed by atoms with Crippen molar-refractivity contribution in [1.82, 2.24) is 10.2 Å².